The molecule has 1 fully saturated rings. The van der Waals surface area contributed by atoms with Crippen LogP contribution in [0.15, 0.2) is 24.3 Å². The van der Waals surface area contributed by atoms with E-state index < -0.39 is 0 Å². The Morgan fingerprint density at radius 2 is 1.96 bits per heavy atom. The van der Waals surface area contributed by atoms with Crippen molar-refractivity contribution in [2.24, 2.45) is 11.1 Å². The first-order valence-electron chi connectivity index (χ1n) is 8.22. The summed E-state index contributed by atoms with van der Waals surface area (Å²) in [7, 11) is 1.65. The molecule has 1 saturated carbocycles. The van der Waals surface area contributed by atoms with Crippen molar-refractivity contribution in [3.63, 3.8) is 0 Å². The van der Waals surface area contributed by atoms with Crippen molar-refractivity contribution in [2.45, 2.75) is 51.5 Å². The molecule has 0 aromatic heterocycles. The van der Waals surface area contributed by atoms with Crippen LogP contribution >= 0.6 is 12.4 Å². The molecule has 0 spiro atoms. The lowest BCUT2D eigenvalue weighted by molar-refractivity contribution is -0.124. The van der Waals surface area contributed by atoms with Gasteiger partial charge in [-0.05, 0) is 37.8 Å². The Morgan fingerprint density at radius 1 is 1.30 bits per heavy atom. The van der Waals surface area contributed by atoms with E-state index in [1.807, 2.05) is 31.2 Å². The third-order valence-corrected chi connectivity index (χ3v) is 4.87. The molecule has 1 aromatic rings. The Labute approximate surface area is 145 Å². The minimum Gasteiger partial charge on any atom is -0.496 e. The summed E-state index contributed by atoms with van der Waals surface area (Å²) in [6.07, 6.45) is 6.31. The summed E-state index contributed by atoms with van der Waals surface area (Å²) in [6, 6.07) is 7.73. The van der Waals surface area contributed by atoms with Crippen LogP contribution in [0.4, 0.5) is 0 Å². The van der Waals surface area contributed by atoms with Crippen LogP contribution in [-0.2, 0) is 4.79 Å². The highest BCUT2D eigenvalue weighted by Crippen LogP contribution is 2.38. The third-order valence-electron chi connectivity index (χ3n) is 4.87. The first-order valence-corrected chi connectivity index (χ1v) is 8.22. The van der Waals surface area contributed by atoms with Crippen molar-refractivity contribution in [1.29, 1.82) is 0 Å². The summed E-state index contributed by atoms with van der Waals surface area (Å²) < 4.78 is 5.37. The normalized spacial score (nSPS) is 17.7. The van der Waals surface area contributed by atoms with Gasteiger partial charge < -0.3 is 15.8 Å². The minimum absolute atomic E-state index is 0. The van der Waals surface area contributed by atoms with Crippen LogP contribution in [0, 0.1) is 5.41 Å². The van der Waals surface area contributed by atoms with Crippen LogP contribution in [0.25, 0.3) is 0 Å². The lowest BCUT2D eigenvalue weighted by Gasteiger charge is -2.36. The summed E-state index contributed by atoms with van der Waals surface area (Å²) >= 11 is 0. The number of benzene rings is 1. The molecule has 0 aliphatic heterocycles. The van der Waals surface area contributed by atoms with Crippen LogP contribution < -0.4 is 15.8 Å². The van der Waals surface area contributed by atoms with E-state index in [4.69, 9.17) is 10.5 Å². The number of methoxy groups -OCH3 is 1. The molecule has 0 heterocycles. The summed E-state index contributed by atoms with van der Waals surface area (Å²) in [6.45, 7) is 2.59. The molecule has 0 bridgehead atoms. The highest BCUT2D eigenvalue weighted by atomic mass is 35.5. The molecule has 1 atom stereocenters. The van der Waals surface area contributed by atoms with Crippen molar-refractivity contribution in [3.05, 3.63) is 29.8 Å². The highest BCUT2D eigenvalue weighted by molar-refractivity contribution is 5.85. The van der Waals surface area contributed by atoms with Gasteiger partial charge in [0.25, 0.3) is 0 Å². The monoisotopic (exact) mass is 340 g/mol. The zero-order valence-electron chi connectivity index (χ0n) is 14.1. The van der Waals surface area contributed by atoms with Gasteiger partial charge in [-0.1, -0.05) is 37.5 Å². The van der Waals surface area contributed by atoms with Crippen LogP contribution in [0.2, 0.25) is 0 Å². The maximum atomic E-state index is 12.5. The number of halogens is 1. The smallest absolute Gasteiger partial charge is 0.221 e. The number of amides is 1. The van der Waals surface area contributed by atoms with Crippen molar-refractivity contribution in [1.82, 2.24) is 5.32 Å². The number of rotatable bonds is 6. The van der Waals surface area contributed by atoms with E-state index in [-0.39, 0.29) is 29.8 Å². The van der Waals surface area contributed by atoms with E-state index in [0.29, 0.717) is 13.0 Å². The maximum absolute atomic E-state index is 12.5. The molecule has 2 rings (SSSR count). The van der Waals surface area contributed by atoms with Crippen molar-refractivity contribution < 1.29 is 9.53 Å². The predicted octanol–water partition coefficient (Wildman–Crippen LogP) is 3.59. The fourth-order valence-corrected chi connectivity index (χ4v) is 3.49. The summed E-state index contributed by atoms with van der Waals surface area (Å²) in [5.41, 5.74) is 6.98. The molecule has 1 aromatic carbocycles. The Kier molecular flexibility index (Phi) is 7.86. The summed E-state index contributed by atoms with van der Waals surface area (Å²) in [5, 5.41) is 3.10. The molecule has 0 radical (unpaired) electrons. The molecule has 1 unspecified atom stereocenters. The number of nitrogens with one attached hydrogen (secondary N) is 1. The van der Waals surface area contributed by atoms with Crippen molar-refractivity contribution in [2.75, 3.05) is 13.7 Å². The lowest BCUT2D eigenvalue weighted by atomic mass is 9.71. The maximum Gasteiger partial charge on any atom is 0.221 e. The predicted molar refractivity (Wildman–Crippen MR) is 96.0 cm³/mol. The largest absolute Gasteiger partial charge is 0.496 e. The van der Waals surface area contributed by atoms with E-state index in [9.17, 15) is 4.79 Å². The van der Waals surface area contributed by atoms with E-state index in [1.54, 1.807) is 7.11 Å². The fraction of sp³-hybridized carbons (Fsp3) is 0.611. The summed E-state index contributed by atoms with van der Waals surface area (Å²) in [4.78, 5) is 12.5. The van der Waals surface area contributed by atoms with Gasteiger partial charge in [-0.25, -0.2) is 0 Å². The molecule has 0 saturated heterocycles. The van der Waals surface area contributed by atoms with Crippen molar-refractivity contribution in [3.8, 4) is 5.75 Å². The van der Waals surface area contributed by atoms with Gasteiger partial charge in [-0.15, -0.1) is 12.4 Å². The molecule has 4 nitrogen and oxygen atoms in total. The van der Waals surface area contributed by atoms with Gasteiger partial charge in [0.1, 0.15) is 5.75 Å². The standard InChI is InChI=1S/C18H28N2O2.ClH/c1-14(15-8-4-5-9-16(15)22-2)20-17(21)12-18(13-19)10-6-3-7-11-18;/h4-5,8-9,14H,3,6-7,10-13,19H2,1-2H3,(H,20,21);1H. The number of ether oxygens (including phenoxy) is 1. The van der Waals surface area contributed by atoms with E-state index in [1.165, 1.54) is 19.3 Å². The van der Waals surface area contributed by atoms with Crippen LogP contribution in [0.5, 0.6) is 5.75 Å². The number of carbonyl (C=O) groups excluding carboxylic acids is 1. The second-order valence-electron chi connectivity index (χ2n) is 6.47. The third kappa shape index (κ3) is 5.11. The Balaban J connectivity index is 0.00000264. The second kappa shape index (κ2) is 9.14. The highest BCUT2D eigenvalue weighted by Gasteiger charge is 2.33. The number of hydrogen-bond donors (Lipinski definition) is 2. The van der Waals surface area contributed by atoms with Gasteiger partial charge in [0.15, 0.2) is 0 Å². The van der Waals surface area contributed by atoms with E-state index in [2.05, 4.69) is 5.32 Å². The van der Waals surface area contributed by atoms with E-state index in [0.717, 1.165) is 24.2 Å². The fourth-order valence-electron chi connectivity index (χ4n) is 3.49. The van der Waals surface area contributed by atoms with Gasteiger partial charge in [0, 0.05) is 12.0 Å². The van der Waals surface area contributed by atoms with Crippen LogP contribution in [0.3, 0.4) is 0 Å². The second-order valence-corrected chi connectivity index (χ2v) is 6.47. The van der Waals surface area contributed by atoms with Gasteiger partial charge in [-0.3, -0.25) is 4.79 Å². The van der Waals surface area contributed by atoms with Gasteiger partial charge >= 0.3 is 0 Å². The lowest BCUT2D eigenvalue weighted by Crippen LogP contribution is -2.39. The zero-order valence-corrected chi connectivity index (χ0v) is 15.0. The van der Waals surface area contributed by atoms with Crippen LogP contribution in [-0.4, -0.2) is 19.6 Å². The summed E-state index contributed by atoms with van der Waals surface area (Å²) in [5.74, 6) is 0.896. The zero-order chi connectivity index (χ0) is 16.0. The van der Waals surface area contributed by atoms with Crippen molar-refractivity contribution >= 4 is 18.3 Å². The number of nitrogens with two attached hydrogens (primary N) is 1. The molecular formula is C18H29ClN2O2. The topological polar surface area (TPSA) is 64.3 Å². The Morgan fingerprint density at radius 3 is 2.57 bits per heavy atom. The van der Waals surface area contributed by atoms with Gasteiger partial charge in [0.2, 0.25) is 5.91 Å². The molecular weight excluding hydrogens is 312 g/mol. The molecule has 1 aliphatic carbocycles. The Bertz CT molecular complexity index is 502. The van der Waals surface area contributed by atoms with E-state index >= 15 is 0 Å². The molecule has 1 aliphatic rings. The number of hydrogen-bond acceptors (Lipinski definition) is 3. The average Bonchev–Trinajstić information content (AvgIpc) is 2.55. The number of carbonyl (C=O) groups is 1. The Hall–Kier alpha value is -1.26. The molecule has 1 amide bonds. The first kappa shape index (κ1) is 19.8. The first-order chi connectivity index (χ1) is 10.6. The molecule has 23 heavy (non-hydrogen) atoms. The SMILES string of the molecule is COc1ccccc1C(C)NC(=O)CC1(CN)CCCCC1.Cl. The molecule has 3 N–H and O–H groups in total. The van der Waals surface area contributed by atoms with Crippen LogP contribution in [0.1, 0.15) is 57.1 Å². The van der Waals surface area contributed by atoms with Gasteiger partial charge in [0.05, 0.1) is 13.2 Å². The number of para-hydroxylation sites is 1. The minimum atomic E-state index is -0.0675. The molecule has 5 heteroatoms. The molecule has 130 valence electrons. The van der Waals surface area contributed by atoms with Gasteiger partial charge in [-0.2, -0.15) is 0 Å². The quantitative estimate of drug-likeness (QED) is 0.831. The average molecular weight is 341 g/mol.